The number of anilines is 4. The highest BCUT2D eigenvalue weighted by Gasteiger charge is 2.14. The van der Waals surface area contributed by atoms with E-state index in [0.717, 1.165) is 40.8 Å². The van der Waals surface area contributed by atoms with Crippen molar-refractivity contribution in [3.05, 3.63) is 59.3 Å². The molecule has 2 heterocycles. The zero-order chi connectivity index (χ0) is 18.8. The Hall–Kier alpha value is -3.28. The van der Waals surface area contributed by atoms with Crippen LogP contribution in [0.15, 0.2) is 42.5 Å². The van der Waals surface area contributed by atoms with E-state index in [9.17, 15) is 0 Å². The number of aryl methyl sites for hydroxylation is 3. The van der Waals surface area contributed by atoms with Gasteiger partial charge < -0.3 is 20.1 Å². The molecule has 1 aliphatic heterocycles. The van der Waals surface area contributed by atoms with Crippen LogP contribution >= 0.6 is 0 Å². The molecule has 0 aliphatic carbocycles. The maximum Gasteiger partial charge on any atom is 0.231 e. The highest BCUT2D eigenvalue weighted by atomic mass is 16.7. The van der Waals surface area contributed by atoms with Gasteiger partial charge in [-0.2, -0.15) is 4.98 Å². The molecule has 0 bridgehead atoms. The number of fused-ring (bicyclic) bond motifs is 1. The van der Waals surface area contributed by atoms with E-state index in [1.807, 2.05) is 31.2 Å². The number of nitrogens with one attached hydrogen (secondary N) is 2. The average Bonchev–Trinajstić information content (AvgIpc) is 3.11. The Bertz CT molecular complexity index is 988. The van der Waals surface area contributed by atoms with Crippen LogP contribution in [0.25, 0.3) is 0 Å². The maximum absolute atomic E-state index is 5.43. The Balaban J connectivity index is 1.60. The molecule has 0 unspecified atom stereocenters. The summed E-state index contributed by atoms with van der Waals surface area (Å²) in [5.41, 5.74) is 5.28. The first kappa shape index (κ1) is 17.1. The van der Waals surface area contributed by atoms with E-state index >= 15 is 0 Å². The van der Waals surface area contributed by atoms with Crippen LogP contribution in [0.5, 0.6) is 11.5 Å². The predicted octanol–water partition coefficient (Wildman–Crippen LogP) is 4.87. The lowest BCUT2D eigenvalue weighted by atomic mass is 10.1. The van der Waals surface area contributed by atoms with Gasteiger partial charge in [0.2, 0.25) is 12.7 Å². The van der Waals surface area contributed by atoms with Gasteiger partial charge in [0.15, 0.2) is 11.5 Å². The highest BCUT2D eigenvalue weighted by Crippen LogP contribution is 2.35. The van der Waals surface area contributed by atoms with E-state index in [1.165, 1.54) is 11.1 Å². The predicted molar refractivity (Wildman–Crippen MR) is 106 cm³/mol. The molecule has 6 nitrogen and oxygen atoms in total. The second-order valence-corrected chi connectivity index (χ2v) is 6.50. The molecule has 2 aromatic carbocycles. The fraction of sp³-hybridized carbons (Fsp3) is 0.238. The first-order chi connectivity index (χ1) is 13.1. The number of rotatable bonds is 5. The van der Waals surface area contributed by atoms with E-state index in [2.05, 4.69) is 52.6 Å². The molecule has 0 saturated carbocycles. The molecular formula is C21H22N4O2. The summed E-state index contributed by atoms with van der Waals surface area (Å²) >= 11 is 0. The Labute approximate surface area is 158 Å². The van der Waals surface area contributed by atoms with Gasteiger partial charge in [0.1, 0.15) is 5.82 Å². The molecule has 0 saturated heterocycles. The van der Waals surface area contributed by atoms with Crippen molar-refractivity contribution < 1.29 is 9.47 Å². The molecule has 1 aromatic heterocycles. The maximum atomic E-state index is 5.43. The number of nitrogens with zero attached hydrogens (tertiary/aromatic N) is 2. The van der Waals surface area contributed by atoms with Gasteiger partial charge in [0.25, 0.3) is 0 Å². The zero-order valence-corrected chi connectivity index (χ0v) is 15.7. The lowest BCUT2D eigenvalue weighted by molar-refractivity contribution is 0.174. The Morgan fingerprint density at radius 2 is 1.81 bits per heavy atom. The molecule has 6 heteroatoms. The van der Waals surface area contributed by atoms with Crippen LogP contribution in [-0.4, -0.2) is 16.8 Å². The van der Waals surface area contributed by atoms with Crippen molar-refractivity contribution in [3.63, 3.8) is 0 Å². The smallest absolute Gasteiger partial charge is 0.231 e. The van der Waals surface area contributed by atoms with Crippen molar-refractivity contribution >= 4 is 23.1 Å². The van der Waals surface area contributed by atoms with Crippen molar-refractivity contribution in [3.8, 4) is 11.5 Å². The molecule has 0 fully saturated rings. The lowest BCUT2D eigenvalue weighted by Gasteiger charge is -2.15. The van der Waals surface area contributed by atoms with Crippen LogP contribution < -0.4 is 20.1 Å². The van der Waals surface area contributed by atoms with Crippen molar-refractivity contribution in [1.29, 1.82) is 0 Å². The summed E-state index contributed by atoms with van der Waals surface area (Å²) in [6, 6.07) is 13.9. The SMILES string of the molecule is CCc1cccc(C)c1Nc1cc(C)nc(Nc2ccc3c(c2)OCO3)n1. The van der Waals surface area contributed by atoms with Crippen LogP contribution in [0.2, 0.25) is 0 Å². The first-order valence-electron chi connectivity index (χ1n) is 9.00. The van der Waals surface area contributed by atoms with Crippen molar-refractivity contribution in [1.82, 2.24) is 9.97 Å². The van der Waals surface area contributed by atoms with E-state index in [-0.39, 0.29) is 6.79 Å². The summed E-state index contributed by atoms with van der Waals surface area (Å²) in [4.78, 5) is 9.12. The van der Waals surface area contributed by atoms with Crippen molar-refractivity contribution in [2.75, 3.05) is 17.4 Å². The second-order valence-electron chi connectivity index (χ2n) is 6.50. The van der Waals surface area contributed by atoms with Gasteiger partial charge >= 0.3 is 0 Å². The number of ether oxygens (including phenoxy) is 2. The third kappa shape index (κ3) is 3.65. The van der Waals surface area contributed by atoms with Gasteiger partial charge in [-0.1, -0.05) is 25.1 Å². The Kier molecular flexibility index (Phi) is 4.54. The molecule has 0 spiro atoms. The third-order valence-corrected chi connectivity index (χ3v) is 4.48. The fourth-order valence-corrected chi connectivity index (χ4v) is 3.12. The molecule has 138 valence electrons. The van der Waals surface area contributed by atoms with Crippen molar-refractivity contribution in [2.45, 2.75) is 27.2 Å². The second kappa shape index (κ2) is 7.15. The standard InChI is InChI=1S/C21H22N4O2/c1-4-15-7-5-6-13(2)20(15)24-19-10-14(3)22-21(25-19)23-16-8-9-17-18(11-16)27-12-26-17/h5-11H,4,12H2,1-3H3,(H2,22,23,24,25). The van der Waals surface area contributed by atoms with E-state index in [4.69, 9.17) is 9.47 Å². The van der Waals surface area contributed by atoms with Gasteiger partial charge in [0, 0.05) is 29.2 Å². The molecule has 0 radical (unpaired) electrons. The molecule has 0 atom stereocenters. The summed E-state index contributed by atoms with van der Waals surface area (Å²) in [5.74, 6) is 2.76. The van der Waals surface area contributed by atoms with Gasteiger partial charge in [-0.15, -0.1) is 0 Å². The minimum absolute atomic E-state index is 0.254. The quantitative estimate of drug-likeness (QED) is 0.675. The topological polar surface area (TPSA) is 68.3 Å². The average molecular weight is 362 g/mol. The fourth-order valence-electron chi connectivity index (χ4n) is 3.12. The summed E-state index contributed by atoms with van der Waals surface area (Å²) in [6.45, 7) is 6.46. The molecule has 1 aliphatic rings. The van der Waals surface area contributed by atoms with Crippen molar-refractivity contribution in [2.24, 2.45) is 0 Å². The Morgan fingerprint density at radius 1 is 0.963 bits per heavy atom. The minimum Gasteiger partial charge on any atom is -0.454 e. The number of para-hydroxylation sites is 1. The molecule has 2 N–H and O–H groups in total. The monoisotopic (exact) mass is 362 g/mol. The molecule has 3 aromatic rings. The van der Waals surface area contributed by atoms with Gasteiger partial charge in [0.05, 0.1) is 0 Å². The summed E-state index contributed by atoms with van der Waals surface area (Å²) < 4.78 is 10.8. The van der Waals surface area contributed by atoms with Gasteiger partial charge in [-0.05, 0) is 43.5 Å². The van der Waals surface area contributed by atoms with Crippen LogP contribution in [0.3, 0.4) is 0 Å². The van der Waals surface area contributed by atoms with Crippen LogP contribution in [-0.2, 0) is 6.42 Å². The van der Waals surface area contributed by atoms with E-state index in [1.54, 1.807) is 0 Å². The number of hydrogen-bond acceptors (Lipinski definition) is 6. The molecular weight excluding hydrogens is 340 g/mol. The van der Waals surface area contributed by atoms with E-state index in [0.29, 0.717) is 5.95 Å². The van der Waals surface area contributed by atoms with Gasteiger partial charge in [-0.3, -0.25) is 0 Å². The molecule has 27 heavy (non-hydrogen) atoms. The van der Waals surface area contributed by atoms with E-state index < -0.39 is 0 Å². The third-order valence-electron chi connectivity index (χ3n) is 4.48. The number of aromatic nitrogens is 2. The zero-order valence-electron chi connectivity index (χ0n) is 15.7. The first-order valence-corrected chi connectivity index (χ1v) is 9.00. The Morgan fingerprint density at radius 3 is 2.67 bits per heavy atom. The van der Waals surface area contributed by atoms with Gasteiger partial charge in [-0.25, -0.2) is 4.98 Å². The minimum atomic E-state index is 0.254. The highest BCUT2D eigenvalue weighted by molar-refractivity contribution is 5.67. The number of hydrogen-bond donors (Lipinski definition) is 2. The summed E-state index contributed by atoms with van der Waals surface area (Å²) in [7, 11) is 0. The normalized spacial score (nSPS) is 12.1. The molecule has 4 rings (SSSR count). The lowest BCUT2D eigenvalue weighted by Crippen LogP contribution is -2.04. The van der Waals surface area contributed by atoms with Crippen LogP contribution in [0.4, 0.5) is 23.1 Å². The largest absolute Gasteiger partial charge is 0.454 e. The number of benzene rings is 2. The molecule has 0 amide bonds. The van der Waals surface area contributed by atoms with Crippen LogP contribution in [0.1, 0.15) is 23.7 Å². The summed E-state index contributed by atoms with van der Waals surface area (Å²) in [5, 5.41) is 6.71. The van der Waals surface area contributed by atoms with Crippen LogP contribution in [0, 0.1) is 13.8 Å². The summed E-state index contributed by atoms with van der Waals surface area (Å²) in [6.07, 6.45) is 0.955.